The zero-order valence-electron chi connectivity index (χ0n) is 15.5. The van der Waals surface area contributed by atoms with E-state index in [2.05, 4.69) is 17.0 Å². The van der Waals surface area contributed by atoms with E-state index in [-0.39, 0.29) is 24.2 Å². The van der Waals surface area contributed by atoms with Crippen LogP contribution in [-0.4, -0.2) is 55.3 Å². The Labute approximate surface area is 164 Å². The van der Waals surface area contributed by atoms with E-state index < -0.39 is 0 Å². The third kappa shape index (κ3) is 5.50. The van der Waals surface area contributed by atoms with Crippen molar-refractivity contribution in [2.24, 2.45) is 0 Å². The van der Waals surface area contributed by atoms with Gasteiger partial charge in [0.1, 0.15) is 0 Å². The summed E-state index contributed by atoms with van der Waals surface area (Å²) in [5, 5.41) is 0. The van der Waals surface area contributed by atoms with Gasteiger partial charge < -0.3 is 14.5 Å². The van der Waals surface area contributed by atoms with Crippen LogP contribution in [0.1, 0.15) is 5.56 Å². The number of anilines is 1. The molecule has 0 radical (unpaired) electrons. The van der Waals surface area contributed by atoms with Gasteiger partial charge in [0.15, 0.2) is 6.61 Å². The second-order valence-electron chi connectivity index (χ2n) is 6.42. The summed E-state index contributed by atoms with van der Waals surface area (Å²) in [5.74, 6) is -0.281. The third-order valence-corrected chi connectivity index (χ3v) is 5.70. The summed E-state index contributed by atoms with van der Waals surface area (Å²) in [6, 6.07) is 18.1. The minimum Gasteiger partial charge on any atom is -0.455 e. The van der Waals surface area contributed by atoms with Crippen LogP contribution >= 0.6 is 11.8 Å². The first-order valence-electron chi connectivity index (χ1n) is 9.05. The van der Waals surface area contributed by atoms with Gasteiger partial charge in [-0.2, -0.15) is 0 Å². The zero-order chi connectivity index (χ0) is 19.1. The molecule has 3 rings (SSSR count). The Balaban J connectivity index is 1.38. The van der Waals surface area contributed by atoms with E-state index in [9.17, 15) is 9.59 Å². The molecule has 0 saturated carbocycles. The lowest BCUT2D eigenvalue weighted by atomic mass is 10.2. The summed E-state index contributed by atoms with van der Waals surface area (Å²) in [6.45, 7) is 4.68. The van der Waals surface area contributed by atoms with E-state index in [0.717, 1.165) is 23.5 Å². The summed E-state index contributed by atoms with van der Waals surface area (Å²) in [4.78, 5) is 29.3. The number of amides is 1. The van der Waals surface area contributed by atoms with Crippen LogP contribution in [-0.2, 0) is 14.3 Å². The predicted molar refractivity (Wildman–Crippen MR) is 108 cm³/mol. The van der Waals surface area contributed by atoms with Crippen molar-refractivity contribution in [1.29, 1.82) is 0 Å². The van der Waals surface area contributed by atoms with Gasteiger partial charge in [-0.05, 0) is 30.7 Å². The standard InChI is InChI=1S/C21H24N2O3S/c1-17-7-5-6-10-19(17)27-16-21(25)26-15-20(24)23-13-11-22(12-14-23)18-8-3-2-4-9-18/h2-10H,11-16H2,1H3. The van der Waals surface area contributed by atoms with Crippen molar-refractivity contribution in [3.05, 3.63) is 60.2 Å². The van der Waals surface area contributed by atoms with E-state index in [0.29, 0.717) is 13.1 Å². The number of thioether (sulfide) groups is 1. The van der Waals surface area contributed by atoms with Crippen molar-refractivity contribution in [3.63, 3.8) is 0 Å². The van der Waals surface area contributed by atoms with Crippen molar-refractivity contribution in [3.8, 4) is 0 Å². The van der Waals surface area contributed by atoms with Crippen molar-refractivity contribution in [2.45, 2.75) is 11.8 Å². The van der Waals surface area contributed by atoms with Gasteiger partial charge in [-0.15, -0.1) is 11.8 Å². The fourth-order valence-electron chi connectivity index (χ4n) is 2.98. The molecule has 2 aromatic rings. The summed E-state index contributed by atoms with van der Waals surface area (Å²) >= 11 is 1.43. The summed E-state index contributed by atoms with van der Waals surface area (Å²) in [5.41, 5.74) is 2.30. The highest BCUT2D eigenvalue weighted by molar-refractivity contribution is 8.00. The van der Waals surface area contributed by atoms with Crippen LogP contribution in [0.5, 0.6) is 0 Å². The predicted octanol–water partition coefficient (Wildman–Crippen LogP) is 2.98. The fraction of sp³-hybridized carbons (Fsp3) is 0.333. The highest BCUT2D eigenvalue weighted by atomic mass is 32.2. The van der Waals surface area contributed by atoms with E-state index >= 15 is 0 Å². The Kier molecular flexibility index (Phi) is 6.76. The van der Waals surface area contributed by atoms with Gasteiger partial charge in [0.25, 0.3) is 5.91 Å². The molecule has 0 aromatic heterocycles. The Hall–Kier alpha value is -2.47. The van der Waals surface area contributed by atoms with Crippen LogP contribution in [0.3, 0.4) is 0 Å². The molecule has 27 heavy (non-hydrogen) atoms. The molecule has 1 amide bonds. The van der Waals surface area contributed by atoms with Gasteiger partial charge in [0.05, 0.1) is 5.75 Å². The Morgan fingerprint density at radius 3 is 2.33 bits per heavy atom. The lowest BCUT2D eigenvalue weighted by molar-refractivity contribution is -0.150. The minimum atomic E-state index is -0.362. The molecule has 5 nitrogen and oxygen atoms in total. The Morgan fingerprint density at radius 2 is 1.63 bits per heavy atom. The summed E-state index contributed by atoms with van der Waals surface area (Å²) < 4.78 is 5.17. The van der Waals surface area contributed by atoms with E-state index in [4.69, 9.17) is 4.74 Å². The number of rotatable bonds is 6. The first-order chi connectivity index (χ1) is 13.1. The molecule has 0 spiro atoms. The maximum atomic E-state index is 12.3. The first-order valence-corrected chi connectivity index (χ1v) is 10.0. The lowest BCUT2D eigenvalue weighted by Gasteiger charge is -2.36. The number of carbonyl (C=O) groups excluding carboxylic acids is 2. The SMILES string of the molecule is Cc1ccccc1SCC(=O)OCC(=O)N1CCN(c2ccccc2)CC1. The molecule has 1 fully saturated rings. The quantitative estimate of drug-likeness (QED) is 0.566. The lowest BCUT2D eigenvalue weighted by Crippen LogP contribution is -2.49. The highest BCUT2D eigenvalue weighted by Gasteiger charge is 2.22. The maximum absolute atomic E-state index is 12.3. The van der Waals surface area contributed by atoms with Gasteiger partial charge in [-0.3, -0.25) is 9.59 Å². The number of esters is 1. The van der Waals surface area contributed by atoms with E-state index in [1.807, 2.05) is 49.4 Å². The van der Waals surface area contributed by atoms with Gasteiger partial charge in [-0.25, -0.2) is 0 Å². The molecule has 1 aliphatic heterocycles. The molecule has 1 saturated heterocycles. The van der Waals surface area contributed by atoms with E-state index in [1.54, 1.807) is 4.90 Å². The second-order valence-corrected chi connectivity index (χ2v) is 7.44. The number of para-hydroxylation sites is 1. The molecule has 6 heteroatoms. The molecule has 2 aromatic carbocycles. The zero-order valence-corrected chi connectivity index (χ0v) is 16.3. The molecule has 1 aliphatic rings. The number of aryl methyl sites for hydroxylation is 1. The second kappa shape index (κ2) is 9.46. The molecule has 0 atom stereocenters. The van der Waals surface area contributed by atoms with Gasteiger partial charge in [0.2, 0.25) is 0 Å². The van der Waals surface area contributed by atoms with Crippen LogP contribution < -0.4 is 4.90 Å². The topological polar surface area (TPSA) is 49.9 Å². The molecule has 0 bridgehead atoms. The van der Waals surface area contributed by atoms with Crippen molar-refractivity contribution >= 4 is 29.3 Å². The average molecular weight is 385 g/mol. The number of nitrogens with zero attached hydrogens (tertiary/aromatic N) is 2. The maximum Gasteiger partial charge on any atom is 0.316 e. The minimum absolute atomic E-state index is 0.128. The number of benzene rings is 2. The highest BCUT2D eigenvalue weighted by Crippen LogP contribution is 2.21. The van der Waals surface area contributed by atoms with Gasteiger partial charge >= 0.3 is 5.97 Å². The monoisotopic (exact) mass is 384 g/mol. The van der Waals surface area contributed by atoms with E-state index in [1.165, 1.54) is 17.4 Å². The smallest absolute Gasteiger partial charge is 0.316 e. The molecule has 1 heterocycles. The normalized spacial score (nSPS) is 14.1. The molecule has 0 N–H and O–H groups in total. The van der Waals surface area contributed by atoms with Crippen LogP contribution in [0.2, 0.25) is 0 Å². The number of hydrogen-bond acceptors (Lipinski definition) is 5. The van der Waals surface area contributed by atoms with Crippen LogP contribution in [0.15, 0.2) is 59.5 Å². The molecule has 0 unspecified atom stereocenters. The van der Waals surface area contributed by atoms with Gasteiger partial charge in [-0.1, -0.05) is 36.4 Å². The average Bonchev–Trinajstić information content (AvgIpc) is 2.72. The molecular formula is C21H24N2O3S. The molecular weight excluding hydrogens is 360 g/mol. The first kappa shape index (κ1) is 19.3. The van der Waals surface area contributed by atoms with Crippen molar-refractivity contribution in [1.82, 2.24) is 4.90 Å². The summed E-state index contributed by atoms with van der Waals surface area (Å²) in [6.07, 6.45) is 0. The van der Waals surface area contributed by atoms with Crippen LogP contribution in [0.4, 0.5) is 5.69 Å². The third-order valence-electron chi connectivity index (χ3n) is 4.55. The largest absolute Gasteiger partial charge is 0.455 e. The number of piperazine rings is 1. The van der Waals surface area contributed by atoms with Crippen molar-refractivity contribution < 1.29 is 14.3 Å². The van der Waals surface area contributed by atoms with Gasteiger partial charge in [0, 0.05) is 36.8 Å². The number of ether oxygens (including phenoxy) is 1. The van der Waals surface area contributed by atoms with Crippen LogP contribution in [0, 0.1) is 6.92 Å². The summed E-state index contributed by atoms with van der Waals surface area (Å²) in [7, 11) is 0. The molecule has 0 aliphatic carbocycles. The number of carbonyl (C=O) groups is 2. The fourth-order valence-corrected chi connectivity index (χ4v) is 3.81. The number of hydrogen-bond donors (Lipinski definition) is 0. The van der Waals surface area contributed by atoms with Crippen molar-refractivity contribution in [2.75, 3.05) is 43.4 Å². The Bertz CT molecular complexity index is 774. The van der Waals surface area contributed by atoms with Crippen LogP contribution in [0.25, 0.3) is 0 Å². The Morgan fingerprint density at radius 1 is 0.963 bits per heavy atom. The molecule has 142 valence electrons.